The molecule has 14 heavy (non-hydrogen) atoms. The molecule has 2 rings (SSSR count). The highest BCUT2D eigenvalue weighted by molar-refractivity contribution is 7.13. The summed E-state index contributed by atoms with van der Waals surface area (Å²) in [5, 5.41) is 0. The molecule has 3 heteroatoms. The highest BCUT2D eigenvalue weighted by Crippen LogP contribution is 2.24. The number of pyridine rings is 1. The normalized spacial score (nSPS) is 9.07. The minimum Gasteiger partial charge on any atom is -0.255 e. The molecule has 2 aromatic rings. The lowest BCUT2D eigenvalue weighted by Gasteiger charge is -1.94. The maximum Gasteiger partial charge on any atom is 0.0820 e. The maximum absolute atomic E-state index is 4.25. The van der Waals surface area contributed by atoms with Gasteiger partial charge >= 0.3 is 0 Å². The van der Waals surface area contributed by atoms with Gasteiger partial charge in [0, 0.05) is 6.20 Å². The van der Waals surface area contributed by atoms with E-state index in [4.69, 9.17) is 0 Å². The van der Waals surface area contributed by atoms with Gasteiger partial charge in [0.05, 0.1) is 21.8 Å². The molecule has 0 atom stereocenters. The smallest absolute Gasteiger partial charge is 0.0820 e. The molecule has 0 spiro atoms. The Bertz CT molecular complexity index is 368. The van der Waals surface area contributed by atoms with Crippen molar-refractivity contribution < 1.29 is 0 Å². The second-order valence-electron chi connectivity index (χ2n) is 2.48. The van der Waals surface area contributed by atoms with Gasteiger partial charge in [0.15, 0.2) is 0 Å². The summed E-state index contributed by atoms with van der Waals surface area (Å²) in [4.78, 5) is 9.59. The van der Waals surface area contributed by atoms with Gasteiger partial charge in [-0.1, -0.05) is 19.9 Å². The van der Waals surface area contributed by atoms with Gasteiger partial charge in [-0.05, 0) is 19.1 Å². The Morgan fingerprint density at radius 2 is 1.93 bits per heavy atom. The molecule has 0 aliphatic rings. The standard InChI is InChI=1S/C9H8N2S.C2H6/c1-7-9(12-6-11-7)8-4-2-3-5-10-8;1-2/h2-6H,1H3;1-2H3. The Morgan fingerprint density at radius 3 is 2.43 bits per heavy atom. The first kappa shape index (κ1) is 10.9. The van der Waals surface area contributed by atoms with E-state index in [9.17, 15) is 0 Å². The van der Waals surface area contributed by atoms with Gasteiger partial charge in [-0.3, -0.25) is 4.98 Å². The number of aromatic nitrogens is 2. The van der Waals surface area contributed by atoms with E-state index >= 15 is 0 Å². The van der Waals surface area contributed by atoms with Crippen LogP contribution in [-0.4, -0.2) is 9.97 Å². The average molecular weight is 206 g/mol. The Morgan fingerprint density at radius 1 is 1.14 bits per heavy atom. The summed E-state index contributed by atoms with van der Waals surface area (Å²) in [7, 11) is 0. The fourth-order valence-electron chi connectivity index (χ4n) is 1.04. The van der Waals surface area contributed by atoms with Gasteiger partial charge in [-0.15, -0.1) is 11.3 Å². The van der Waals surface area contributed by atoms with E-state index < -0.39 is 0 Å². The van der Waals surface area contributed by atoms with Crippen LogP contribution in [0.15, 0.2) is 29.9 Å². The number of rotatable bonds is 1. The van der Waals surface area contributed by atoms with Crippen LogP contribution in [0.2, 0.25) is 0 Å². The molecule has 0 aromatic carbocycles. The maximum atomic E-state index is 4.25. The van der Waals surface area contributed by atoms with E-state index in [1.165, 1.54) is 0 Å². The van der Waals surface area contributed by atoms with Crippen LogP contribution in [0.25, 0.3) is 10.6 Å². The van der Waals surface area contributed by atoms with E-state index in [1.54, 1.807) is 17.5 Å². The first-order chi connectivity index (χ1) is 6.88. The number of hydrogen-bond donors (Lipinski definition) is 0. The molecule has 2 nitrogen and oxygen atoms in total. The van der Waals surface area contributed by atoms with Crippen molar-refractivity contribution in [3.8, 4) is 10.6 Å². The Kier molecular flexibility index (Phi) is 4.26. The third-order valence-electron chi connectivity index (χ3n) is 1.64. The molecule has 0 fully saturated rings. The molecule has 2 aromatic heterocycles. The number of aryl methyl sites for hydroxylation is 1. The quantitative estimate of drug-likeness (QED) is 0.713. The summed E-state index contributed by atoms with van der Waals surface area (Å²) in [6.45, 7) is 6.00. The largest absolute Gasteiger partial charge is 0.255 e. The van der Waals surface area contributed by atoms with Crippen molar-refractivity contribution in [2.45, 2.75) is 20.8 Å². The average Bonchev–Trinajstić information content (AvgIpc) is 2.69. The molecule has 0 bridgehead atoms. The summed E-state index contributed by atoms with van der Waals surface area (Å²) in [5.41, 5.74) is 3.91. The SMILES string of the molecule is CC.Cc1ncsc1-c1ccccn1. The van der Waals surface area contributed by atoms with Gasteiger partial charge in [0.25, 0.3) is 0 Å². The Labute approximate surface area is 88.7 Å². The van der Waals surface area contributed by atoms with Crippen molar-refractivity contribution in [1.29, 1.82) is 0 Å². The van der Waals surface area contributed by atoms with Crippen LogP contribution in [0, 0.1) is 6.92 Å². The van der Waals surface area contributed by atoms with Gasteiger partial charge in [0.1, 0.15) is 0 Å². The zero-order valence-corrected chi connectivity index (χ0v) is 9.51. The lowest BCUT2D eigenvalue weighted by Crippen LogP contribution is -1.80. The second-order valence-corrected chi connectivity index (χ2v) is 3.34. The lowest BCUT2D eigenvalue weighted by molar-refractivity contribution is 1.25. The van der Waals surface area contributed by atoms with Crippen LogP contribution >= 0.6 is 11.3 Å². The summed E-state index contributed by atoms with van der Waals surface area (Å²) in [6, 6.07) is 5.90. The van der Waals surface area contributed by atoms with Crippen LogP contribution in [0.3, 0.4) is 0 Å². The summed E-state index contributed by atoms with van der Waals surface area (Å²) in [5.74, 6) is 0. The molecule has 0 saturated heterocycles. The van der Waals surface area contributed by atoms with Crippen LogP contribution in [0.1, 0.15) is 19.5 Å². The van der Waals surface area contributed by atoms with Crippen molar-refractivity contribution in [1.82, 2.24) is 9.97 Å². The molecule has 74 valence electrons. The van der Waals surface area contributed by atoms with Gasteiger partial charge in [-0.25, -0.2) is 4.98 Å². The van der Waals surface area contributed by atoms with Crippen molar-refractivity contribution in [3.63, 3.8) is 0 Å². The molecule has 0 N–H and O–H groups in total. The molecule has 2 heterocycles. The predicted octanol–water partition coefficient (Wildman–Crippen LogP) is 3.54. The topological polar surface area (TPSA) is 25.8 Å². The first-order valence-corrected chi connectivity index (χ1v) is 5.57. The molecule has 0 aliphatic heterocycles. The molecule has 0 saturated carbocycles. The summed E-state index contributed by atoms with van der Waals surface area (Å²) in [6.07, 6.45) is 1.80. The highest BCUT2D eigenvalue weighted by atomic mass is 32.1. The van der Waals surface area contributed by atoms with E-state index in [1.807, 2.05) is 44.5 Å². The summed E-state index contributed by atoms with van der Waals surface area (Å²) >= 11 is 1.63. The van der Waals surface area contributed by atoms with Gasteiger partial charge in [0.2, 0.25) is 0 Å². The fourth-order valence-corrected chi connectivity index (χ4v) is 1.83. The summed E-state index contributed by atoms with van der Waals surface area (Å²) < 4.78 is 0. The molecular formula is C11H14N2S. The molecule has 0 aliphatic carbocycles. The molecular weight excluding hydrogens is 192 g/mol. The highest BCUT2D eigenvalue weighted by Gasteiger charge is 2.03. The molecule has 0 radical (unpaired) electrons. The van der Waals surface area contributed by atoms with Crippen molar-refractivity contribution in [3.05, 3.63) is 35.6 Å². The van der Waals surface area contributed by atoms with Crippen LogP contribution in [0.4, 0.5) is 0 Å². The molecule has 0 unspecified atom stereocenters. The Balaban J connectivity index is 0.000000461. The fraction of sp³-hybridized carbons (Fsp3) is 0.273. The van der Waals surface area contributed by atoms with E-state index in [0.717, 1.165) is 16.3 Å². The van der Waals surface area contributed by atoms with Crippen molar-refractivity contribution >= 4 is 11.3 Å². The zero-order chi connectivity index (χ0) is 10.4. The number of nitrogens with zero attached hydrogens (tertiary/aromatic N) is 2. The number of hydrogen-bond acceptors (Lipinski definition) is 3. The van der Waals surface area contributed by atoms with Gasteiger partial charge in [-0.2, -0.15) is 0 Å². The Hall–Kier alpha value is -1.22. The van der Waals surface area contributed by atoms with Crippen LogP contribution < -0.4 is 0 Å². The first-order valence-electron chi connectivity index (χ1n) is 4.69. The third-order valence-corrected chi connectivity index (χ3v) is 2.59. The third kappa shape index (κ3) is 2.39. The zero-order valence-electron chi connectivity index (χ0n) is 8.69. The predicted molar refractivity (Wildman–Crippen MR) is 61.4 cm³/mol. The van der Waals surface area contributed by atoms with Gasteiger partial charge < -0.3 is 0 Å². The van der Waals surface area contributed by atoms with Crippen LogP contribution in [0.5, 0.6) is 0 Å². The van der Waals surface area contributed by atoms with Crippen molar-refractivity contribution in [2.75, 3.05) is 0 Å². The van der Waals surface area contributed by atoms with Crippen molar-refractivity contribution in [2.24, 2.45) is 0 Å². The van der Waals surface area contributed by atoms with Crippen LogP contribution in [-0.2, 0) is 0 Å². The minimum atomic E-state index is 1.01. The van der Waals surface area contributed by atoms with E-state index in [2.05, 4.69) is 9.97 Å². The monoisotopic (exact) mass is 206 g/mol. The minimum absolute atomic E-state index is 1.01. The number of thiazole rings is 1. The molecule has 0 amide bonds. The van der Waals surface area contributed by atoms with E-state index in [0.29, 0.717) is 0 Å². The second kappa shape index (κ2) is 5.50. The van der Waals surface area contributed by atoms with E-state index in [-0.39, 0.29) is 0 Å². The lowest BCUT2D eigenvalue weighted by atomic mass is 10.3.